The molecule has 1 aliphatic rings. The Morgan fingerprint density at radius 2 is 2.47 bits per heavy atom. The Morgan fingerprint density at radius 3 is 3.13 bits per heavy atom. The molecule has 0 aromatic carbocycles. The zero-order valence-electron chi connectivity index (χ0n) is 9.08. The molecule has 82 valence electrons. The fourth-order valence-electron chi connectivity index (χ4n) is 1.50. The van der Waals surface area contributed by atoms with E-state index in [1.165, 1.54) is 12.8 Å². The first-order valence-corrected chi connectivity index (χ1v) is 5.43. The smallest absolute Gasteiger partial charge is 0.128 e. The number of hydrogen-bond donors (Lipinski definition) is 1. The van der Waals surface area contributed by atoms with Gasteiger partial charge in [-0.2, -0.15) is 0 Å². The van der Waals surface area contributed by atoms with E-state index in [-0.39, 0.29) is 0 Å². The van der Waals surface area contributed by atoms with E-state index < -0.39 is 0 Å². The van der Waals surface area contributed by atoms with Crippen molar-refractivity contribution >= 4 is 5.76 Å². The lowest BCUT2D eigenvalue weighted by atomic mass is 10.2. The van der Waals surface area contributed by atoms with Gasteiger partial charge in [0.1, 0.15) is 11.5 Å². The van der Waals surface area contributed by atoms with Gasteiger partial charge in [-0.05, 0) is 25.8 Å². The molecule has 3 heteroatoms. The maximum atomic E-state index is 5.41. The lowest BCUT2D eigenvalue weighted by Gasteiger charge is -2.07. The maximum absolute atomic E-state index is 5.41. The van der Waals surface area contributed by atoms with Crippen LogP contribution < -0.4 is 5.32 Å². The van der Waals surface area contributed by atoms with Gasteiger partial charge in [0.25, 0.3) is 0 Å². The second-order valence-corrected chi connectivity index (χ2v) is 3.77. The standard InChI is InChI=1S/C12H17NO2/c1-3-14-9(2)11-6-7-15-12(11)8-13-10-4-5-10/h6-7,10,13H,2-5,8H2,1H3. The zero-order chi connectivity index (χ0) is 10.7. The van der Waals surface area contributed by atoms with Crippen molar-refractivity contribution < 1.29 is 9.15 Å². The highest BCUT2D eigenvalue weighted by Crippen LogP contribution is 2.23. The predicted octanol–water partition coefficient (Wildman–Crippen LogP) is 2.54. The Labute approximate surface area is 90.1 Å². The van der Waals surface area contributed by atoms with Crippen LogP contribution in [0.15, 0.2) is 23.3 Å². The molecule has 1 heterocycles. The average molecular weight is 207 g/mol. The summed E-state index contributed by atoms with van der Waals surface area (Å²) in [4.78, 5) is 0. The third-order valence-electron chi connectivity index (χ3n) is 2.49. The van der Waals surface area contributed by atoms with Gasteiger partial charge in [-0.25, -0.2) is 0 Å². The highest BCUT2D eigenvalue weighted by Gasteiger charge is 2.21. The molecule has 3 nitrogen and oxygen atoms in total. The molecule has 0 saturated heterocycles. The molecular formula is C12H17NO2. The van der Waals surface area contributed by atoms with E-state index in [0.717, 1.165) is 17.9 Å². The predicted molar refractivity (Wildman–Crippen MR) is 59.2 cm³/mol. The monoisotopic (exact) mass is 207 g/mol. The fourth-order valence-corrected chi connectivity index (χ4v) is 1.50. The Bertz CT molecular complexity index is 339. The van der Waals surface area contributed by atoms with Crippen molar-refractivity contribution in [3.8, 4) is 0 Å². The summed E-state index contributed by atoms with van der Waals surface area (Å²) in [7, 11) is 0. The Balaban J connectivity index is 1.96. The number of ether oxygens (including phenoxy) is 1. The molecule has 1 N–H and O–H groups in total. The fraction of sp³-hybridized carbons (Fsp3) is 0.500. The molecule has 1 aliphatic carbocycles. The number of furan rings is 1. The normalized spacial score (nSPS) is 15.3. The highest BCUT2D eigenvalue weighted by molar-refractivity contribution is 5.58. The molecule has 1 saturated carbocycles. The van der Waals surface area contributed by atoms with Crippen LogP contribution >= 0.6 is 0 Å². The first-order valence-electron chi connectivity index (χ1n) is 5.43. The molecule has 0 radical (unpaired) electrons. The van der Waals surface area contributed by atoms with Crippen LogP contribution in [0, 0.1) is 0 Å². The summed E-state index contributed by atoms with van der Waals surface area (Å²) in [6, 6.07) is 2.59. The molecule has 1 aromatic heterocycles. The van der Waals surface area contributed by atoms with Gasteiger partial charge in [-0.15, -0.1) is 0 Å². The van der Waals surface area contributed by atoms with Crippen LogP contribution in [0.25, 0.3) is 5.76 Å². The first kappa shape index (κ1) is 10.3. The first-order chi connectivity index (χ1) is 7.31. The SMILES string of the molecule is C=C(OCC)c1ccoc1CNC1CC1. The molecule has 1 aromatic rings. The lowest BCUT2D eigenvalue weighted by molar-refractivity contribution is 0.298. The Hall–Kier alpha value is -1.22. The average Bonchev–Trinajstić information content (AvgIpc) is 2.93. The number of hydrogen-bond acceptors (Lipinski definition) is 3. The largest absolute Gasteiger partial charge is 0.494 e. The number of nitrogens with one attached hydrogen (secondary N) is 1. The zero-order valence-corrected chi connectivity index (χ0v) is 9.08. The van der Waals surface area contributed by atoms with Crippen LogP contribution in [0.2, 0.25) is 0 Å². The van der Waals surface area contributed by atoms with Crippen LogP contribution in [0.5, 0.6) is 0 Å². The van der Waals surface area contributed by atoms with Crippen LogP contribution in [0.3, 0.4) is 0 Å². The van der Waals surface area contributed by atoms with E-state index >= 15 is 0 Å². The summed E-state index contributed by atoms with van der Waals surface area (Å²) in [6.07, 6.45) is 4.24. The second-order valence-electron chi connectivity index (χ2n) is 3.77. The molecule has 1 fully saturated rings. The van der Waals surface area contributed by atoms with E-state index in [0.29, 0.717) is 18.4 Å². The van der Waals surface area contributed by atoms with Gasteiger partial charge in [0.15, 0.2) is 0 Å². The van der Waals surface area contributed by atoms with Gasteiger partial charge >= 0.3 is 0 Å². The summed E-state index contributed by atoms with van der Waals surface area (Å²) >= 11 is 0. The van der Waals surface area contributed by atoms with Gasteiger partial charge in [-0.1, -0.05) is 6.58 Å². The van der Waals surface area contributed by atoms with Crippen molar-refractivity contribution in [3.63, 3.8) is 0 Å². The van der Waals surface area contributed by atoms with Crippen LogP contribution in [-0.2, 0) is 11.3 Å². The van der Waals surface area contributed by atoms with Gasteiger partial charge in [0.2, 0.25) is 0 Å². The second kappa shape index (κ2) is 4.53. The summed E-state index contributed by atoms with van der Waals surface area (Å²) in [5.74, 6) is 1.61. The van der Waals surface area contributed by atoms with E-state index in [1.54, 1.807) is 6.26 Å². The maximum Gasteiger partial charge on any atom is 0.128 e. The molecule has 0 aliphatic heterocycles. The summed E-state index contributed by atoms with van der Waals surface area (Å²) in [5.41, 5.74) is 0.977. The minimum absolute atomic E-state index is 0.638. The lowest BCUT2D eigenvalue weighted by Crippen LogP contribution is -2.15. The van der Waals surface area contributed by atoms with Crippen molar-refractivity contribution in [2.45, 2.75) is 32.4 Å². The third-order valence-corrected chi connectivity index (χ3v) is 2.49. The van der Waals surface area contributed by atoms with E-state index in [1.807, 2.05) is 13.0 Å². The molecule has 0 spiro atoms. The number of rotatable bonds is 6. The van der Waals surface area contributed by atoms with Crippen molar-refractivity contribution in [3.05, 3.63) is 30.2 Å². The Kier molecular flexibility index (Phi) is 3.11. The van der Waals surface area contributed by atoms with Crippen LogP contribution in [0.4, 0.5) is 0 Å². The van der Waals surface area contributed by atoms with Gasteiger partial charge in [-0.3, -0.25) is 0 Å². The van der Waals surface area contributed by atoms with E-state index in [9.17, 15) is 0 Å². The van der Waals surface area contributed by atoms with E-state index in [4.69, 9.17) is 9.15 Å². The van der Waals surface area contributed by atoms with Crippen molar-refractivity contribution in [1.82, 2.24) is 5.32 Å². The van der Waals surface area contributed by atoms with Gasteiger partial charge in [0, 0.05) is 6.04 Å². The molecule has 15 heavy (non-hydrogen) atoms. The molecule has 2 rings (SSSR count). The summed E-state index contributed by atoms with van der Waals surface area (Å²) in [6.45, 7) is 7.23. The molecule has 0 unspecified atom stereocenters. The van der Waals surface area contributed by atoms with Crippen molar-refractivity contribution in [2.24, 2.45) is 0 Å². The van der Waals surface area contributed by atoms with Gasteiger partial charge < -0.3 is 14.5 Å². The van der Waals surface area contributed by atoms with E-state index in [2.05, 4.69) is 11.9 Å². The topological polar surface area (TPSA) is 34.4 Å². The Morgan fingerprint density at radius 1 is 1.67 bits per heavy atom. The summed E-state index contributed by atoms with van der Waals surface area (Å²) < 4.78 is 10.8. The minimum Gasteiger partial charge on any atom is -0.494 e. The van der Waals surface area contributed by atoms with Crippen molar-refractivity contribution in [2.75, 3.05) is 6.61 Å². The van der Waals surface area contributed by atoms with Gasteiger partial charge in [0.05, 0.1) is 25.0 Å². The molecule has 0 atom stereocenters. The summed E-state index contributed by atoms with van der Waals surface area (Å²) in [5, 5.41) is 3.41. The van der Waals surface area contributed by atoms with Crippen LogP contribution in [-0.4, -0.2) is 12.6 Å². The minimum atomic E-state index is 0.638. The highest BCUT2D eigenvalue weighted by atomic mass is 16.5. The van der Waals surface area contributed by atoms with Crippen LogP contribution in [0.1, 0.15) is 31.1 Å². The van der Waals surface area contributed by atoms with Crippen molar-refractivity contribution in [1.29, 1.82) is 0 Å². The molecule has 0 bridgehead atoms. The quantitative estimate of drug-likeness (QED) is 0.728. The third kappa shape index (κ3) is 2.63. The molecular weight excluding hydrogens is 190 g/mol. The molecule has 0 amide bonds.